The molecule has 1 unspecified atom stereocenters. The number of carbonyl (C=O) groups is 1. The lowest BCUT2D eigenvalue weighted by Crippen LogP contribution is -2.49. The Balaban J connectivity index is 1.73. The Hall–Kier alpha value is -0.810. The zero-order valence-electron chi connectivity index (χ0n) is 13.9. The summed E-state index contributed by atoms with van der Waals surface area (Å²) in [4.78, 5) is 14.3. The van der Waals surface area contributed by atoms with Crippen molar-refractivity contribution < 1.29 is 9.53 Å². The Kier molecular flexibility index (Phi) is 5.49. The monoisotopic (exact) mass is 297 g/mol. The Morgan fingerprint density at radius 2 is 1.86 bits per heavy atom. The smallest absolute Gasteiger partial charge is 0.407 e. The summed E-state index contributed by atoms with van der Waals surface area (Å²) < 4.78 is 5.37. The SMILES string of the molecule is CN1CCC(NCC(NC(=O)OC(C)(C)C)C2CC2)CC1. The van der Waals surface area contributed by atoms with Gasteiger partial charge >= 0.3 is 6.09 Å². The summed E-state index contributed by atoms with van der Waals surface area (Å²) in [7, 11) is 2.17. The Morgan fingerprint density at radius 3 is 2.38 bits per heavy atom. The first-order chi connectivity index (χ1) is 9.83. The molecule has 0 aromatic carbocycles. The number of carbonyl (C=O) groups excluding carboxylic acids is 1. The molecule has 2 rings (SSSR count). The van der Waals surface area contributed by atoms with Crippen LogP contribution in [0.25, 0.3) is 0 Å². The maximum atomic E-state index is 11.9. The van der Waals surface area contributed by atoms with E-state index < -0.39 is 5.60 Å². The molecule has 1 amide bonds. The number of hydrogen-bond donors (Lipinski definition) is 2. The summed E-state index contributed by atoms with van der Waals surface area (Å²) in [6, 6.07) is 0.794. The number of alkyl carbamates (subject to hydrolysis) is 1. The van der Waals surface area contributed by atoms with Gasteiger partial charge in [-0.25, -0.2) is 4.79 Å². The van der Waals surface area contributed by atoms with E-state index in [2.05, 4.69) is 22.6 Å². The first-order valence-electron chi connectivity index (χ1n) is 8.25. The van der Waals surface area contributed by atoms with E-state index in [1.54, 1.807) is 0 Å². The third kappa shape index (κ3) is 6.22. The van der Waals surface area contributed by atoms with E-state index in [4.69, 9.17) is 4.74 Å². The summed E-state index contributed by atoms with van der Waals surface area (Å²) >= 11 is 0. The molecular formula is C16H31N3O2. The third-order valence-corrected chi connectivity index (χ3v) is 4.24. The molecule has 1 heterocycles. The van der Waals surface area contributed by atoms with Gasteiger partial charge in [-0.05, 0) is 72.5 Å². The van der Waals surface area contributed by atoms with Gasteiger partial charge in [0.1, 0.15) is 5.60 Å². The maximum Gasteiger partial charge on any atom is 0.407 e. The highest BCUT2D eigenvalue weighted by molar-refractivity contribution is 5.68. The lowest BCUT2D eigenvalue weighted by Gasteiger charge is -2.31. The summed E-state index contributed by atoms with van der Waals surface area (Å²) in [5.41, 5.74) is -0.431. The van der Waals surface area contributed by atoms with E-state index in [9.17, 15) is 4.79 Å². The van der Waals surface area contributed by atoms with Crippen LogP contribution in [-0.2, 0) is 4.74 Å². The molecule has 21 heavy (non-hydrogen) atoms. The molecule has 1 saturated carbocycles. The first kappa shape index (κ1) is 16.6. The highest BCUT2D eigenvalue weighted by Crippen LogP contribution is 2.32. The number of rotatable bonds is 5. The van der Waals surface area contributed by atoms with Crippen LogP contribution in [0.3, 0.4) is 0 Å². The van der Waals surface area contributed by atoms with Gasteiger partial charge in [0, 0.05) is 18.6 Å². The van der Waals surface area contributed by atoms with Crippen LogP contribution < -0.4 is 10.6 Å². The largest absolute Gasteiger partial charge is 0.444 e. The van der Waals surface area contributed by atoms with Gasteiger partial charge in [-0.2, -0.15) is 0 Å². The van der Waals surface area contributed by atoms with Crippen molar-refractivity contribution in [3.8, 4) is 0 Å². The van der Waals surface area contributed by atoms with Crippen LogP contribution in [0.4, 0.5) is 4.79 Å². The van der Waals surface area contributed by atoms with Crippen LogP contribution in [0.5, 0.6) is 0 Å². The van der Waals surface area contributed by atoms with E-state index in [0.717, 1.165) is 19.6 Å². The van der Waals surface area contributed by atoms with Crippen molar-refractivity contribution in [1.82, 2.24) is 15.5 Å². The second-order valence-corrected chi connectivity index (χ2v) is 7.58. The molecule has 2 fully saturated rings. The predicted octanol–water partition coefficient (Wildman–Crippen LogP) is 1.97. The molecule has 0 spiro atoms. The molecule has 0 aromatic rings. The minimum Gasteiger partial charge on any atom is -0.444 e. The molecule has 2 N–H and O–H groups in total. The summed E-state index contributed by atoms with van der Waals surface area (Å²) in [5.74, 6) is 0.622. The molecule has 1 aliphatic carbocycles. The van der Waals surface area contributed by atoms with E-state index in [-0.39, 0.29) is 12.1 Å². The molecule has 1 atom stereocenters. The van der Waals surface area contributed by atoms with Crippen LogP contribution in [0.15, 0.2) is 0 Å². The van der Waals surface area contributed by atoms with Gasteiger partial charge in [-0.15, -0.1) is 0 Å². The second kappa shape index (κ2) is 6.97. The van der Waals surface area contributed by atoms with Crippen LogP contribution in [0.1, 0.15) is 46.5 Å². The van der Waals surface area contributed by atoms with Crippen LogP contribution >= 0.6 is 0 Å². The zero-order valence-corrected chi connectivity index (χ0v) is 13.9. The molecule has 2 aliphatic rings. The number of hydrogen-bond acceptors (Lipinski definition) is 4. The second-order valence-electron chi connectivity index (χ2n) is 7.58. The van der Waals surface area contributed by atoms with Crippen molar-refractivity contribution in [3.63, 3.8) is 0 Å². The first-order valence-corrected chi connectivity index (χ1v) is 8.25. The lowest BCUT2D eigenvalue weighted by molar-refractivity contribution is 0.0496. The van der Waals surface area contributed by atoms with Gasteiger partial charge in [0.2, 0.25) is 0 Å². The van der Waals surface area contributed by atoms with Gasteiger partial charge in [-0.1, -0.05) is 0 Å². The van der Waals surface area contributed by atoms with E-state index in [1.165, 1.54) is 25.7 Å². The topological polar surface area (TPSA) is 53.6 Å². The number of likely N-dealkylation sites (tertiary alicyclic amines) is 1. The average Bonchev–Trinajstić information content (AvgIpc) is 3.18. The fraction of sp³-hybridized carbons (Fsp3) is 0.938. The predicted molar refractivity (Wildman–Crippen MR) is 84.4 cm³/mol. The minimum atomic E-state index is -0.431. The standard InChI is InChI=1S/C16H31N3O2/c1-16(2,3)21-15(20)18-14(12-5-6-12)11-17-13-7-9-19(4)10-8-13/h12-14,17H,5-11H2,1-4H3,(H,18,20). The molecule has 0 aromatic heterocycles. The van der Waals surface area contributed by atoms with Crippen molar-refractivity contribution in [2.24, 2.45) is 5.92 Å². The number of amides is 1. The molecule has 5 heteroatoms. The van der Waals surface area contributed by atoms with Crippen molar-refractivity contribution in [2.45, 2.75) is 64.1 Å². The molecule has 5 nitrogen and oxygen atoms in total. The zero-order chi connectivity index (χ0) is 15.5. The fourth-order valence-electron chi connectivity index (χ4n) is 2.80. The number of ether oxygens (including phenoxy) is 1. The fourth-order valence-corrected chi connectivity index (χ4v) is 2.80. The van der Waals surface area contributed by atoms with Crippen LogP contribution in [-0.4, -0.2) is 55.4 Å². The highest BCUT2D eigenvalue weighted by atomic mass is 16.6. The Labute approximate surface area is 128 Å². The minimum absolute atomic E-state index is 0.208. The normalized spacial score (nSPS) is 22.9. The summed E-state index contributed by atoms with van der Waals surface area (Å²) in [6.45, 7) is 8.87. The highest BCUT2D eigenvalue weighted by Gasteiger charge is 2.33. The Morgan fingerprint density at radius 1 is 1.24 bits per heavy atom. The number of nitrogens with one attached hydrogen (secondary N) is 2. The van der Waals surface area contributed by atoms with Crippen molar-refractivity contribution in [2.75, 3.05) is 26.7 Å². The lowest BCUT2D eigenvalue weighted by atomic mass is 10.0. The van der Waals surface area contributed by atoms with Crippen molar-refractivity contribution in [3.05, 3.63) is 0 Å². The average molecular weight is 297 g/mol. The van der Waals surface area contributed by atoms with Crippen LogP contribution in [0, 0.1) is 5.92 Å². The van der Waals surface area contributed by atoms with Gasteiger partial charge in [0.25, 0.3) is 0 Å². The molecule has 1 aliphatic heterocycles. The van der Waals surface area contributed by atoms with Crippen molar-refractivity contribution in [1.29, 1.82) is 0 Å². The van der Waals surface area contributed by atoms with Gasteiger partial charge in [0.05, 0.1) is 0 Å². The van der Waals surface area contributed by atoms with Gasteiger partial charge in [0.15, 0.2) is 0 Å². The third-order valence-electron chi connectivity index (χ3n) is 4.24. The summed E-state index contributed by atoms with van der Waals surface area (Å²) in [6.07, 6.45) is 4.54. The molecule has 1 saturated heterocycles. The van der Waals surface area contributed by atoms with Gasteiger partial charge < -0.3 is 20.3 Å². The quantitative estimate of drug-likeness (QED) is 0.815. The maximum absolute atomic E-state index is 11.9. The Bertz CT molecular complexity index is 342. The number of nitrogens with zero attached hydrogens (tertiary/aromatic N) is 1. The summed E-state index contributed by atoms with van der Waals surface area (Å²) in [5, 5.41) is 6.68. The number of piperidine rings is 1. The van der Waals surface area contributed by atoms with Crippen LogP contribution in [0.2, 0.25) is 0 Å². The van der Waals surface area contributed by atoms with E-state index in [1.807, 2.05) is 20.8 Å². The molecule has 0 radical (unpaired) electrons. The molecular weight excluding hydrogens is 266 g/mol. The molecule has 0 bridgehead atoms. The molecule has 122 valence electrons. The van der Waals surface area contributed by atoms with E-state index >= 15 is 0 Å². The van der Waals surface area contributed by atoms with E-state index in [0.29, 0.717) is 12.0 Å². The van der Waals surface area contributed by atoms with Crippen molar-refractivity contribution >= 4 is 6.09 Å². The van der Waals surface area contributed by atoms with Gasteiger partial charge in [-0.3, -0.25) is 0 Å².